The Morgan fingerprint density at radius 1 is 0.840 bits per heavy atom. The summed E-state index contributed by atoms with van der Waals surface area (Å²) in [5.41, 5.74) is 2.33. The van der Waals surface area contributed by atoms with Gasteiger partial charge < -0.3 is 9.84 Å². The fourth-order valence-electron chi connectivity index (χ4n) is 2.89. The Hall–Kier alpha value is -2.81. The molecule has 3 rings (SSSR count). The molecule has 0 heterocycles. The molecule has 3 aromatic carbocycles. The van der Waals surface area contributed by atoms with E-state index in [9.17, 15) is 4.79 Å². The van der Waals surface area contributed by atoms with Crippen LogP contribution in [0.1, 0.15) is 30.4 Å². The molecule has 0 aliphatic rings. The van der Waals surface area contributed by atoms with Crippen molar-refractivity contribution >= 4 is 16.7 Å². The van der Waals surface area contributed by atoms with Gasteiger partial charge in [-0.15, -0.1) is 0 Å². The standard InChI is InChI=1S/C22H22O3/c23-22(24)11-4-1-6-17-7-5-10-21(15-17)25-16-18-12-13-19-8-2-3-9-20(19)14-18/h2-3,5,7-10,12-15H,1,4,6,11,16H2,(H,23,24). The largest absolute Gasteiger partial charge is 0.489 e. The second-order valence-electron chi connectivity index (χ2n) is 6.22. The highest BCUT2D eigenvalue weighted by Crippen LogP contribution is 2.19. The number of aliphatic carboxylic acids is 1. The Kier molecular flexibility index (Phi) is 5.68. The van der Waals surface area contributed by atoms with Crippen LogP contribution in [-0.4, -0.2) is 11.1 Å². The van der Waals surface area contributed by atoms with Gasteiger partial charge in [0.25, 0.3) is 0 Å². The molecule has 0 radical (unpaired) electrons. The summed E-state index contributed by atoms with van der Waals surface area (Å²) in [7, 11) is 0. The van der Waals surface area contributed by atoms with Crippen LogP contribution < -0.4 is 4.74 Å². The second-order valence-corrected chi connectivity index (χ2v) is 6.22. The third-order valence-electron chi connectivity index (χ3n) is 4.22. The highest BCUT2D eigenvalue weighted by molar-refractivity contribution is 5.82. The number of carbonyl (C=O) groups is 1. The Morgan fingerprint density at radius 2 is 1.68 bits per heavy atom. The third kappa shape index (κ3) is 5.08. The predicted octanol–water partition coefficient (Wildman–Crippen LogP) is 5.22. The quantitative estimate of drug-likeness (QED) is 0.575. The van der Waals surface area contributed by atoms with Crippen molar-refractivity contribution in [2.75, 3.05) is 0 Å². The average molecular weight is 334 g/mol. The number of hydrogen-bond donors (Lipinski definition) is 1. The molecule has 0 unspecified atom stereocenters. The van der Waals surface area contributed by atoms with E-state index in [-0.39, 0.29) is 6.42 Å². The number of aryl methyl sites for hydroxylation is 1. The number of rotatable bonds is 8. The second kappa shape index (κ2) is 8.34. The maximum absolute atomic E-state index is 10.5. The molecule has 128 valence electrons. The number of ether oxygens (including phenoxy) is 1. The molecule has 0 bridgehead atoms. The maximum atomic E-state index is 10.5. The lowest BCUT2D eigenvalue weighted by atomic mass is 10.1. The van der Waals surface area contributed by atoms with E-state index in [4.69, 9.17) is 9.84 Å². The van der Waals surface area contributed by atoms with Crippen LogP contribution in [0, 0.1) is 0 Å². The minimum Gasteiger partial charge on any atom is -0.489 e. The van der Waals surface area contributed by atoms with Crippen LogP contribution in [-0.2, 0) is 17.8 Å². The zero-order chi connectivity index (χ0) is 17.5. The molecule has 3 nitrogen and oxygen atoms in total. The number of fused-ring (bicyclic) bond motifs is 1. The van der Waals surface area contributed by atoms with Gasteiger partial charge >= 0.3 is 5.97 Å². The van der Waals surface area contributed by atoms with Gasteiger partial charge in [0, 0.05) is 6.42 Å². The zero-order valence-electron chi connectivity index (χ0n) is 14.2. The van der Waals surface area contributed by atoms with Crippen LogP contribution in [0.15, 0.2) is 66.7 Å². The van der Waals surface area contributed by atoms with Crippen LogP contribution in [0.4, 0.5) is 0 Å². The SMILES string of the molecule is O=C(O)CCCCc1cccc(OCc2ccc3ccccc3c2)c1. The highest BCUT2D eigenvalue weighted by Gasteiger charge is 2.01. The van der Waals surface area contributed by atoms with E-state index < -0.39 is 5.97 Å². The molecule has 1 N–H and O–H groups in total. The Bertz CT molecular complexity index is 855. The lowest BCUT2D eigenvalue weighted by Crippen LogP contribution is -1.97. The fourth-order valence-corrected chi connectivity index (χ4v) is 2.89. The van der Waals surface area contributed by atoms with Crippen molar-refractivity contribution in [3.8, 4) is 5.75 Å². The van der Waals surface area contributed by atoms with Crippen molar-refractivity contribution in [2.24, 2.45) is 0 Å². The molecular formula is C22H22O3. The van der Waals surface area contributed by atoms with E-state index >= 15 is 0 Å². The van der Waals surface area contributed by atoms with Crippen LogP contribution in [0.25, 0.3) is 10.8 Å². The first kappa shape index (κ1) is 17.0. The first-order valence-corrected chi connectivity index (χ1v) is 8.62. The van der Waals surface area contributed by atoms with E-state index in [1.54, 1.807) is 0 Å². The molecule has 0 spiro atoms. The summed E-state index contributed by atoms with van der Waals surface area (Å²) in [5, 5.41) is 11.1. The van der Waals surface area contributed by atoms with Crippen molar-refractivity contribution in [2.45, 2.75) is 32.3 Å². The van der Waals surface area contributed by atoms with E-state index in [1.165, 1.54) is 16.3 Å². The minimum atomic E-state index is -0.729. The molecule has 0 atom stereocenters. The summed E-state index contributed by atoms with van der Waals surface area (Å²) < 4.78 is 5.93. The lowest BCUT2D eigenvalue weighted by Gasteiger charge is -2.09. The van der Waals surface area contributed by atoms with Crippen molar-refractivity contribution in [3.05, 3.63) is 77.9 Å². The van der Waals surface area contributed by atoms with Crippen LogP contribution in [0.3, 0.4) is 0 Å². The zero-order valence-corrected chi connectivity index (χ0v) is 14.2. The maximum Gasteiger partial charge on any atom is 0.303 e. The van der Waals surface area contributed by atoms with E-state index in [0.29, 0.717) is 13.0 Å². The van der Waals surface area contributed by atoms with Gasteiger partial charge in [-0.05, 0) is 59.4 Å². The number of unbranched alkanes of at least 4 members (excludes halogenated alkanes) is 1. The van der Waals surface area contributed by atoms with Gasteiger partial charge in [-0.25, -0.2) is 0 Å². The Morgan fingerprint density at radius 3 is 2.52 bits per heavy atom. The Labute approximate surface area is 147 Å². The van der Waals surface area contributed by atoms with Crippen molar-refractivity contribution in [1.29, 1.82) is 0 Å². The number of benzene rings is 3. The summed E-state index contributed by atoms with van der Waals surface area (Å²) in [5.74, 6) is 0.122. The van der Waals surface area contributed by atoms with Crippen LogP contribution in [0.2, 0.25) is 0 Å². The first-order chi connectivity index (χ1) is 12.2. The minimum absolute atomic E-state index is 0.234. The average Bonchev–Trinajstić information content (AvgIpc) is 2.64. The summed E-state index contributed by atoms with van der Waals surface area (Å²) >= 11 is 0. The fraction of sp³-hybridized carbons (Fsp3) is 0.227. The summed E-state index contributed by atoms with van der Waals surface area (Å²) in [4.78, 5) is 10.5. The van der Waals surface area contributed by atoms with E-state index in [1.807, 2.05) is 30.3 Å². The molecule has 0 aromatic heterocycles. The molecular weight excluding hydrogens is 312 g/mol. The molecule has 0 amide bonds. The summed E-state index contributed by atoms with van der Waals surface area (Å²) in [6, 6.07) is 22.7. The lowest BCUT2D eigenvalue weighted by molar-refractivity contribution is -0.137. The van der Waals surface area contributed by atoms with Crippen LogP contribution >= 0.6 is 0 Å². The van der Waals surface area contributed by atoms with Gasteiger partial charge in [0.15, 0.2) is 0 Å². The smallest absolute Gasteiger partial charge is 0.303 e. The monoisotopic (exact) mass is 334 g/mol. The van der Waals surface area contributed by atoms with Crippen molar-refractivity contribution in [3.63, 3.8) is 0 Å². The third-order valence-corrected chi connectivity index (χ3v) is 4.22. The van der Waals surface area contributed by atoms with Gasteiger partial charge in [-0.2, -0.15) is 0 Å². The molecule has 0 saturated carbocycles. The number of hydrogen-bond acceptors (Lipinski definition) is 2. The molecule has 0 fully saturated rings. The molecule has 3 heteroatoms. The molecule has 3 aromatic rings. The summed E-state index contributed by atoms with van der Waals surface area (Å²) in [6.45, 7) is 0.535. The molecule has 0 aliphatic carbocycles. The van der Waals surface area contributed by atoms with E-state index in [2.05, 4.69) is 36.4 Å². The topological polar surface area (TPSA) is 46.5 Å². The van der Waals surface area contributed by atoms with Crippen molar-refractivity contribution in [1.82, 2.24) is 0 Å². The van der Waals surface area contributed by atoms with Gasteiger partial charge in [0.05, 0.1) is 0 Å². The van der Waals surface area contributed by atoms with Gasteiger partial charge in [0.2, 0.25) is 0 Å². The molecule has 25 heavy (non-hydrogen) atoms. The molecule has 0 saturated heterocycles. The van der Waals surface area contributed by atoms with Gasteiger partial charge in [0.1, 0.15) is 12.4 Å². The van der Waals surface area contributed by atoms with Gasteiger partial charge in [-0.1, -0.05) is 48.5 Å². The summed E-state index contributed by atoms with van der Waals surface area (Å²) in [6.07, 6.45) is 2.69. The normalized spacial score (nSPS) is 10.7. The molecule has 0 aliphatic heterocycles. The highest BCUT2D eigenvalue weighted by atomic mass is 16.5. The van der Waals surface area contributed by atoms with E-state index in [0.717, 1.165) is 24.2 Å². The first-order valence-electron chi connectivity index (χ1n) is 8.62. The van der Waals surface area contributed by atoms with Gasteiger partial charge in [-0.3, -0.25) is 4.79 Å². The number of carboxylic acids is 1. The Balaban J connectivity index is 1.56. The van der Waals surface area contributed by atoms with Crippen LogP contribution in [0.5, 0.6) is 5.75 Å². The predicted molar refractivity (Wildman–Crippen MR) is 99.9 cm³/mol. The number of carboxylic acid groups (broad SMARTS) is 1. The van der Waals surface area contributed by atoms with Crippen molar-refractivity contribution < 1.29 is 14.6 Å².